The van der Waals surface area contributed by atoms with Gasteiger partial charge in [0, 0.05) is 12.8 Å². The molecule has 0 heterocycles. The summed E-state index contributed by atoms with van der Waals surface area (Å²) >= 11 is 0. The predicted molar refractivity (Wildman–Crippen MR) is 128 cm³/mol. The molecule has 0 radical (unpaired) electrons. The largest absolute Gasteiger partial charge is 0.487 e. The fourth-order valence-electron chi connectivity index (χ4n) is 2.08. The van der Waals surface area contributed by atoms with Crippen LogP contribution in [0.2, 0.25) is 0 Å². The van der Waals surface area contributed by atoms with Crippen molar-refractivity contribution in [2.75, 3.05) is 6.61 Å². The summed E-state index contributed by atoms with van der Waals surface area (Å²) in [5.41, 5.74) is 10.2. The molecule has 15 heteroatoms. The monoisotopic (exact) mass is 538 g/mol. The van der Waals surface area contributed by atoms with E-state index in [2.05, 4.69) is 0 Å². The van der Waals surface area contributed by atoms with Crippen LogP contribution in [0.1, 0.15) is 71.1 Å². The van der Waals surface area contributed by atoms with Gasteiger partial charge >= 0.3 is 35.8 Å². The molecule has 0 amide bonds. The molecule has 0 aromatic rings. The molecule has 0 aromatic carbocycles. The van der Waals surface area contributed by atoms with Gasteiger partial charge in [-0.15, -0.1) is 0 Å². The zero-order valence-corrected chi connectivity index (χ0v) is 20.7. The number of hydrogen-bond donors (Lipinski definition) is 8. The van der Waals surface area contributed by atoms with Crippen LogP contribution in [0.4, 0.5) is 0 Å². The van der Waals surface area contributed by atoms with E-state index in [0.717, 1.165) is 18.9 Å². The number of carboxylic acids is 6. The Hall–Kier alpha value is -3.72. The van der Waals surface area contributed by atoms with Gasteiger partial charge in [0.25, 0.3) is 0 Å². The van der Waals surface area contributed by atoms with E-state index in [1.807, 2.05) is 6.92 Å². The average molecular weight is 539 g/mol. The second kappa shape index (κ2) is 24.0. The molecule has 2 atom stereocenters. The highest BCUT2D eigenvalue weighted by atomic mass is 16.5. The number of hydrogen-bond acceptors (Lipinski definition) is 9. The van der Waals surface area contributed by atoms with Crippen LogP contribution >= 0.6 is 0 Å². The smallest absolute Gasteiger partial charge is 0.370 e. The number of nitrogens with two attached hydrogens (primary N) is 2. The quantitative estimate of drug-likeness (QED) is 0.0684. The fraction of sp³-hybridized carbons (Fsp3) is 0.636. The Morgan fingerprint density at radius 1 is 0.703 bits per heavy atom. The summed E-state index contributed by atoms with van der Waals surface area (Å²) in [6, 6.07) is -1.72. The Morgan fingerprint density at radius 3 is 1.62 bits per heavy atom. The Kier molecular flexibility index (Phi) is 24.5. The third-order valence-corrected chi connectivity index (χ3v) is 4.14. The molecule has 15 nitrogen and oxygen atoms in total. The Bertz CT molecular complexity index is 753. The fourth-order valence-corrected chi connectivity index (χ4v) is 2.08. The first-order chi connectivity index (χ1) is 17.1. The number of unbranched alkanes of at least 4 members (excludes halogenated alkanes) is 3. The minimum Gasteiger partial charge on any atom is -0.487 e. The van der Waals surface area contributed by atoms with Gasteiger partial charge in [0.05, 0.1) is 13.0 Å². The summed E-state index contributed by atoms with van der Waals surface area (Å²) in [6.45, 7) is 2.13. The van der Waals surface area contributed by atoms with Gasteiger partial charge in [0.1, 0.15) is 12.1 Å². The zero-order valence-electron chi connectivity index (χ0n) is 20.7. The molecule has 0 aliphatic heterocycles. The molecule has 0 bridgehead atoms. The first kappa shape index (κ1) is 37.8. The SMILES string of the molecule is CCCCC(N)C(=O)O.N[C@@H](CCC(=O)O)C(=O)O.O=C(O)CC=C(OCCCCCC(=O)O)C(=O)O. The molecule has 0 spiro atoms. The van der Waals surface area contributed by atoms with Crippen molar-refractivity contribution in [2.24, 2.45) is 11.5 Å². The number of rotatable bonds is 18. The molecule has 0 aromatic heterocycles. The van der Waals surface area contributed by atoms with Crippen LogP contribution < -0.4 is 11.5 Å². The van der Waals surface area contributed by atoms with Crippen LogP contribution in [-0.2, 0) is 33.5 Å². The van der Waals surface area contributed by atoms with Gasteiger partial charge in [-0.1, -0.05) is 19.8 Å². The molecule has 1 unspecified atom stereocenters. The Balaban J connectivity index is -0.000000515. The second-order valence-electron chi connectivity index (χ2n) is 7.49. The van der Waals surface area contributed by atoms with Gasteiger partial charge < -0.3 is 46.8 Å². The molecule has 0 aliphatic rings. The van der Waals surface area contributed by atoms with E-state index >= 15 is 0 Å². The highest BCUT2D eigenvalue weighted by Gasteiger charge is 2.12. The van der Waals surface area contributed by atoms with Crippen LogP contribution in [0.3, 0.4) is 0 Å². The van der Waals surface area contributed by atoms with E-state index in [4.69, 9.17) is 46.8 Å². The van der Waals surface area contributed by atoms with Gasteiger partial charge in [-0.25, -0.2) is 4.79 Å². The highest BCUT2D eigenvalue weighted by molar-refractivity contribution is 5.85. The molecular formula is C22H38N2O13. The van der Waals surface area contributed by atoms with Crippen molar-refractivity contribution in [1.29, 1.82) is 0 Å². The predicted octanol–water partition coefficient (Wildman–Crippen LogP) is 0.943. The molecule has 214 valence electrons. The van der Waals surface area contributed by atoms with Crippen LogP contribution in [0.5, 0.6) is 0 Å². The van der Waals surface area contributed by atoms with E-state index in [-0.39, 0.29) is 25.9 Å². The summed E-state index contributed by atoms with van der Waals surface area (Å²) in [5.74, 6) is -6.82. The summed E-state index contributed by atoms with van der Waals surface area (Å²) in [7, 11) is 0. The lowest BCUT2D eigenvalue weighted by Crippen LogP contribution is -2.30. The molecule has 0 saturated carbocycles. The van der Waals surface area contributed by atoms with E-state index in [1.165, 1.54) is 0 Å². The molecule has 37 heavy (non-hydrogen) atoms. The maximum atomic E-state index is 10.7. The summed E-state index contributed by atoms with van der Waals surface area (Å²) in [6.07, 6.45) is 4.53. The zero-order chi connectivity index (χ0) is 29.4. The Labute approximate surface area is 213 Å². The van der Waals surface area contributed by atoms with Crippen molar-refractivity contribution in [1.82, 2.24) is 0 Å². The van der Waals surface area contributed by atoms with Crippen molar-refractivity contribution in [3.63, 3.8) is 0 Å². The molecule has 10 N–H and O–H groups in total. The molecular weight excluding hydrogens is 500 g/mol. The number of aliphatic carboxylic acids is 6. The number of carbonyl (C=O) groups is 6. The molecule has 0 fully saturated rings. The van der Waals surface area contributed by atoms with Crippen LogP contribution in [-0.4, -0.2) is 85.1 Å². The maximum Gasteiger partial charge on any atom is 0.370 e. The third-order valence-electron chi connectivity index (χ3n) is 4.14. The first-order valence-corrected chi connectivity index (χ1v) is 11.3. The maximum absolute atomic E-state index is 10.7. The van der Waals surface area contributed by atoms with E-state index < -0.39 is 60.1 Å². The van der Waals surface area contributed by atoms with Crippen molar-refractivity contribution >= 4 is 35.8 Å². The summed E-state index contributed by atoms with van der Waals surface area (Å²) < 4.78 is 4.91. The van der Waals surface area contributed by atoms with Crippen LogP contribution in [0.15, 0.2) is 11.8 Å². The van der Waals surface area contributed by atoms with Gasteiger partial charge in [-0.3, -0.25) is 24.0 Å². The number of carboxylic acid groups (broad SMARTS) is 6. The van der Waals surface area contributed by atoms with Gasteiger partial charge in [-0.05, 0) is 38.2 Å². The van der Waals surface area contributed by atoms with E-state index in [1.54, 1.807) is 0 Å². The lowest BCUT2D eigenvalue weighted by Gasteiger charge is -2.05. The summed E-state index contributed by atoms with van der Waals surface area (Å²) in [4.78, 5) is 61.1. The van der Waals surface area contributed by atoms with Gasteiger partial charge in [-0.2, -0.15) is 0 Å². The highest BCUT2D eigenvalue weighted by Crippen LogP contribution is 2.05. The molecule has 0 rings (SSSR count). The average Bonchev–Trinajstić information content (AvgIpc) is 2.79. The van der Waals surface area contributed by atoms with Gasteiger partial charge in [0.15, 0.2) is 0 Å². The van der Waals surface area contributed by atoms with Crippen LogP contribution in [0.25, 0.3) is 0 Å². The minimum atomic E-state index is -1.32. The lowest BCUT2D eigenvalue weighted by molar-refractivity contribution is -0.141. The van der Waals surface area contributed by atoms with Crippen molar-refractivity contribution in [3.8, 4) is 0 Å². The normalized spacial score (nSPS) is 11.9. The van der Waals surface area contributed by atoms with Gasteiger partial charge in [0.2, 0.25) is 5.76 Å². The minimum absolute atomic E-state index is 0.0231. The van der Waals surface area contributed by atoms with Crippen molar-refractivity contribution in [2.45, 2.75) is 83.2 Å². The topological polar surface area (TPSA) is 285 Å². The number of ether oxygens (including phenoxy) is 1. The third kappa shape index (κ3) is 30.2. The first-order valence-electron chi connectivity index (χ1n) is 11.3. The lowest BCUT2D eigenvalue weighted by atomic mass is 10.1. The van der Waals surface area contributed by atoms with Crippen LogP contribution in [0, 0.1) is 0 Å². The second-order valence-corrected chi connectivity index (χ2v) is 7.49. The molecule has 0 saturated heterocycles. The Morgan fingerprint density at radius 2 is 1.22 bits per heavy atom. The standard InChI is InChI=1S/C11H16O7.C6H13NO2.C5H9NO4/c12-9(13)4-2-1-3-7-18-8(11(16)17)5-6-10(14)15;1-2-3-4-5(7)6(8)9;6-3(5(9)10)1-2-4(7)8/h5H,1-4,6-7H2,(H,12,13)(H,14,15)(H,16,17);5H,2-4,7H2,1H3,(H,8,9);3H,1-2,6H2,(H,7,8)(H,9,10)/t;;3-/m..0/s1. The van der Waals surface area contributed by atoms with Crippen molar-refractivity contribution in [3.05, 3.63) is 11.8 Å². The van der Waals surface area contributed by atoms with Crippen molar-refractivity contribution < 1.29 is 64.1 Å². The van der Waals surface area contributed by atoms with E-state index in [0.29, 0.717) is 25.7 Å². The van der Waals surface area contributed by atoms with E-state index in [9.17, 15) is 28.8 Å². The molecule has 0 aliphatic carbocycles. The summed E-state index contributed by atoms with van der Waals surface area (Å²) in [5, 5.41) is 50.0.